The van der Waals surface area contributed by atoms with E-state index in [0.29, 0.717) is 35.2 Å². The lowest BCUT2D eigenvalue weighted by Gasteiger charge is -2.31. The van der Waals surface area contributed by atoms with Crippen LogP contribution in [0.4, 0.5) is 35.1 Å². The van der Waals surface area contributed by atoms with E-state index in [1.165, 1.54) is 31.4 Å². The van der Waals surface area contributed by atoms with Crippen LogP contribution >= 0.6 is 0 Å². The van der Waals surface area contributed by atoms with Gasteiger partial charge in [-0.25, -0.2) is 18.7 Å². The van der Waals surface area contributed by atoms with Gasteiger partial charge in [-0.2, -0.15) is 34.8 Å². The first-order chi connectivity index (χ1) is 48.1. The summed E-state index contributed by atoms with van der Waals surface area (Å²) in [5.41, 5.74) is 7.00. The maximum absolute atomic E-state index is 13.5. The van der Waals surface area contributed by atoms with Gasteiger partial charge >= 0.3 is 24.3 Å². The Bertz CT molecular complexity index is 4100. The molecule has 23 nitrogen and oxygen atoms in total. The molecule has 101 heavy (non-hydrogen) atoms. The molecule has 0 bridgehead atoms. The number of rotatable bonds is 21. The summed E-state index contributed by atoms with van der Waals surface area (Å²) in [6.45, 7) is 11.3. The highest BCUT2D eigenvalue weighted by Gasteiger charge is 2.47. The Morgan fingerprint density at radius 2 is 1.07 bits per heavy atom. The second-order valence-electron chi connectivity index (χ2n) is 26.9. The van der Waals surface area contributed by atoms with Crippen LogP contribution in [0.5, 0.6) is 0 Å². The molecular formula is C69H86F8N12O11S. The van der Waals surface area contributed by atoms with Crippen LogP contribution in [0.2, 0.25) is 0 Å². The molecule has 8 heterocycles. The number of amides is 1. The summed E-state index contributed by atoms with van der Waals surface area (Å²) in [5, 5.41) is 29.7. The molecule has 3 aliphatic carbocycles. The van der Waals surface area contributed by atoms with E-state index >= 15 is 0 Å². The number of methoxy groups -OCH3 is 1. The highest BCUT2D eigenvalue weighted by molar-refractivity contribution is 7.86. The van der Waals surface area contributed by atoms with Crippen LogP contribution in [0.3, 0.4) is 0 Å². The molecule has 5 N–H and O–H groups in total. The van der Waals surface area contributed by atoms with Crippen LogP contribution < -0.4 is 16.4 Å². The quantitative estimate of drug-likeness (QED) is 0.0225. The molecule has 1 unspecified atom stereocenters. The highest BCUT2D eigenvalue weighted by Crippen LogP contribution is 2.44. The standard InChI is InChI=1S/C24H28F3N5O2.C19H22F2N2O3.C13H13F3N2O.C7H12O5S.C6H11N3/c25-24(26,27)18-2-3-19-21(13-18)34-30-22(19)16-4-9-31(10-5-16)14-17-12-20(17)23(33)29-6-1-8-32-11-7-28-15-32;1-19(20,21)13-2-3-14-16(9-13)26-22-17(14)11-4-6-23(7-5-11)10-12-8-15(12)18(24)25;14-13(15,16)9-1-2-10-11(7-9)19-18-12(10)8-3-5-17-6-4-8;1-11-7(8)6-3-5(6)4-12-13(2,9)10;7-2-1-4-9-5-3-8-6-9/h2-3,7,11,13,15-17,20H,1,4-6,8-10,12,14H2,(H,29,33);2-3,9,11-12,15H,4-8,10H2,1H3,(H,24,25);1-2,7-8,17H,3-6H2;5-6H,3-4H2,1-2H3;3,5-6H,1-2,4,7H2/t17-,20+;12-,15+;;5-,6?;/m00.0./s1. The number of alkyl halides is 8. The zero-order chi connectivity index (χ0) is 72.2. The van der Waals surface area contributed by atoms with Crippen molar-refractivity contribution < 1.29 is 85.5 Å². The number of esters is 1. The van der Waals surface area contributed by atoms with Crippen LogP contribution in [-0.2, 0) is 64.8 Å². The van der Waals surface area contributed by atoms with E-state index in [2.05, 4.69) is 54.8 Å². The molecule has 1 amide bonds. The fourth-order valence-electron chi connectivity index (χ4n) is 13.2. The normalized spacial score (nSPS) is 21.5. The zero-order valence-corrected chi connectivity index (χ0v) is 57.2. The number of halogens is 8. The fourth-order valence-corrected chi connectivity index (χ4v) is 13.7. The van der Waals surface area contributed by atoms with Crippen LogP contribution in [0.1, 0.15) is 129 Å². The molecule has 8 aromatic rings. The number of carboxylic acid groups (broad SMARTS) is 1. The lowest BCUT2D eigenvalue weighted by Crippen LogP contribution is -2.35. The topological polar surface area (TPSA) is 294 Å². The van der Waals surface area contributed by atoms with E-state index in [4.69, 9.17) is 24.4 Å². The lowest BCUT2D eigenvalue weighted by molar-refractivity contribution is -0.143. The Morgan fingerprint density at radius 1 is 0.634 bits per heavy atom. The fraction of sp³-hybridized carbons (Fsp3) is 0.565. The minimum Gasteiger partial charge on any atom is -0.481 e. The average Bonchev–Trinajstić information content (AvgIpc) is 1.73. The van der Waals surface area contributed by atoms with Crippen molar-refractivity contribution in [3.63, 3.8) is 0 Å². The number of nitrogens with two attached hydrogens (primary N) is 1. The largest absolute Gasteiger partial charge is 0.481 e. The number of aliphatic carboxylic acids is 1. The molecule has 3 saturated heterocycles. The second-order valence-corrected chi connectivity index (χ2v) is 28.6. The molecule has 14 rings (SSSR count). The lowest BCUT2D eigenvalue weighted by atomic mass is 9.91. The first kappa shape index (κ1) is 75.7. The van der Waals surface area contributed by atoms with Crippen LogP contribution in [0.15, 0.2) is 106 Å². The second kappa shape index (κ2) is 33.5. The maximum Gasteiger partial charge on any atom is 0.416 e. The summed E-state index contributed by atoms with van der Waals surface area (Å²) in [5.74, 6) is -2.60. The number of piperidine rings is 3. The van der Waals surface area contributed by atoms with Crippen LogP contribution in [-0.4, -0.2) is 161 Å². The van der Waals surface area contributed by atoms with Crippen molar-refractivity contribution in [1.29, 1.82) is 0 Å². The van der Waals surface area contributed by atoms with Gasteiger partial charge in [-0.05, 0) is 183 Å². The number of carboxylic acids is 1. The van der Waals surface area contributed by atoms with Gasteiger partial charge in [0.2, 0.25) is 5.91 Å². The van der Waals surface area contributed by atoms with Gasteiger partial charge in [0.15, 0.2) is 16.7 Å². The van der Waals surface area contributed by atoms with Crippen molar-refractivity contribution >= 4 is 60.9 Å². The van der Waals surface area contributed by atoms with Crippen molar-refractivity contribution in [2.24, 2.45) is 41.2 Å². The molecule has 0 radical (unpaired) electrons. The summed E-state index contributed by atoms with van der Waals surface area (Å²) in [6, 6.07) is 11.7. The Kier molecular flexibility index (Phi) is 25.1. The molecule has 3 aromatic carbocycles. The number of aromatic nitrogens is 7. The minimum absolute atomic E-state index is 0.00201. The van der Waals surface area contributed by atoms with Crippen molar-refractivity contribution in [2.45, 2.75) is 127 Å². The molecule has 6 atom stereocenters. The van der Waals surface area contributed by atoms with Crippen LogP contribution in [0.25, 0.3) is 32.9 Å². The van der Waals surface area contributed by atoms with Crippen molar-refractivity contribution in [1.82, 2.24) is 55.0 Å². The molecule has 3 saturated carbocycles. The Morgan fingerprint density at radius 3 is 1.49 bits per heavy atom. The highest BCUT2D eigenvalue weighted by atomic mass is 32.2. The van der Waals surface area contributed by atoms with Gasteiger partial charge < -0.3 is 58.7 Å². The molecule has 6 fully saturated rings. The molecule has 5 aromatic heterocycles. The maximum atomic E-state index is 13.5. The first-order valence-corrected chi connectivity index (χ1v) is 35.9. The number of imidazole rings is 2. The Balaban J connectivity index is 0.000000146. The molecule has 550 valence electrons. The number of nitrogens with one attached hydrogen (secondary N) is 2. The van der Waals surface area contributed by atoms with Gasteiger partial charge in [0.05, 0.1) is 72.7 Å². The minimum atomic E-state index is -4.40. The third-order valence-corrected chi connectivity index (χ3v) is 19.9. The summed E-state index contributed by atoms with van der Waals surface area (Å²) < 4.78 is 153. The van der Waals surface area contributed by atoms with Gasteiger partial charge in [0.25, 0.3) is 16.0 Å². The van der Waals surface area contributed by atoms with E-state index in [0.717, 1.165) is 196 Å². The molecule has 6 aliphatic rings. The predicted octanol–water partition coefficient (Wildman–Crippen LogP) is 11.2. The number of aryl methyl sites for hydroxylation is 2. The van der Waals surface area contributed by atoms with Gasteiger partial charge in [0.1, 0.15) is 0 Å². The van der Waals surface area contributed by atoms with Crippen molar-refractivity contribution in [2.75, 3.05) is 85.4 Å². The van der Waals surface area contributed by atoms with Gasteiger partial charge in [-0.3, -0.25) is 18.6 Å². The molecule has 0 spiro atoms. The van der Waals surface area contributed by atoms with Crippen molar-refractivity contribution in [3.05, 3.63) is 126 Å². The van der Waals surface area contributed by atoms with Gasteiger partial charge in [-0.1, -0.05) is 21.5 Å². The number of likely N-dealkylation sites (tertiary alicyclic amines) is 2. The summed E-state index contributed by atoms with van der Waals surface area (Å²) in [7, 11) is -2.07. The number of ether oxygens (including phenoxy) is 1. The van der Waals surface area contributed by atoms with E-state index < -0.39 is 45.5 Å². The predicted molar refractivity (Wildman–Crippen MR) is 354 cm³/mol. The zero-order valence-electron chi connectivity index (χ0n) is 56.4. The molecular weight excluding hydrogens is 1360 g/mol. The Hall–Kier alpha value is -7.91. The van der Waals surface area contributed by atoms with E-state index in [9.17, 15) is 57.9 Å². The SMILES string of the molecule is CC(F)(F)c1ccc2c(C3CCN(C[C@@H]4C[C@H]4C(=O)O)CC3)noc2c1.COC(=O)C1C[C@H]1COS(C)(=O)=O.FC(F)(F)c1ccc2c(C3CCNCC3)noc2c1.NCCCn1ccnc1.O=C(NCCCn1ccnc1)[C@@H]1C[C@H]1CN1CCC(c2noc3cc(C(F)(F)F)ccc23)CC1. The average molecular weight is 1440 g/mol. The van der Waals surface area contributed by atoms with E-state index in [-0.39, 0.29) is 82.6 Å². The molecule has 32 heteroatoms. The van der Waals surface area contributed by atoms with Crippen molar-refractivity contribution in [3.8, 4) is 0 Å². The van der Waals surface area contributed by atoms with Gasteiger partial charge in [0, 0.05) is 110 Å². The molecule has 3 aliphatic heterocycles. The van der Waals surface area contributed by atoms with Crippen LogP contribution in [0, 0.1) is 35.5 Å². The third-order valence-electron chi connectivity index (χ3n) is 19.4. The van der Waals surface area contributed by atoms with E-state index in [1.807, 2.05) is 21.5 Å². The summed E-state index contributed by atoms with van der Waals surface area (Å²) >= 11 is 0. The smallest absolute Gasteiger partial charge is 0.416 e. The third kappa shape index (κ3) is 21.4. The van der Waals surface area contributed by atoms with E-state index in [1.54, 1.807) is 31.1 Å². The number of nitrogens with zero attached hydrogens (tertiary/aromatic N) is 9. The monoisotopic (exact) mass is 1440 g/mol. The first-order valence-electron chi connectivity index (χ1n) is 34.0. The summed E-state index contributed by atoms with van der Waals surface area (Å²) in [6.07, 6.45) is 12.9. The number of hydrogen-bond donors (Lipinski definition) is 4. The summed E-state index contributed by atoms with van der Waals surface area (Å²) in [4.78, 5) is 46.8. The Labute approximate surface area is 578 Å². The number of carbonyl (C=O) groups excluding carboxylic acids is 2. The number of fused-ring (bicyclic) bond motifs is 3. The number of carbonyl (C=O) groups is 3. The number of hydrogen-bond acceptors (Lipinski definition) is 19. The van der Waals surface area contributed by atoms with Gasteiger partial charge in [-0.15, -0.1) is 0 Å². The number of benzene rings is 3.